The number of fused-ring (bicyclic) bond motifs is 2. The molecule has 3 N–H and O–H groups in total. The molecule has 0 radical (unpaired) electrons. The molecule has 5 heteroatoms. The molecule has 2 aromatic carbocycles. The lowest BCUT2D eigenvalue weighted by Gasteiger charge is -1.99. The van der Waals surface area contributed by atoms with E-state index in [0.717, 1.165) is 39.1 Å². The van der Waals surface area contributed by atoms with Crippen LogP contribution in [0.5, 0.6) is 0 Å². The van der Waals surface area contributed by atoms with Crippen LogP contribution in [0.3, 0.4) is 0 Å². The molecule has 0 saturated carbocycles. The summed E-state index contributed by atoms with van der Waals surface area (Å²) in [4.78, 5) is 16.4. The van der Waals surface area contributed by atoms with Gasteiger partial charge in [-0.25, -0.2) is 4.98 Å². The quantitative estimate of drug-likeness (QED) is 0.516. The molecule has 0 atom stereocenters. The van der Waals surface area contributed by atoms with Crippen LogP contribution in [-0.2, 0) is 0 Å². The van der Waals surface area contributed by atoms with E-state index in [1.807, 2.05) is 36.4 Å². The van der Waals surface area contributed by atoms with Crippen molar-refractivity contribution in [2.45, 2.75) is 0 Å². The van der Waals surface area contributed by atoms with Crippen molar-refractivity contribution in [3.05, 3.63) is 48.8 Å². The topological polar surface area (TPSA) is 80.5 Å². The van der Waals surface area contributed by atoms with E-state index >= 15 is 0 Å². The van der Waals surface area contributed by atoms with Crippen molar-refractivity contribution in [1.29, 1.82) is 0 Å². The average molecular weight is 261 g/mol. The second-order valence-electron chi connectivity index (χ2n) is 4.62. The van der Waals surface area contributed by atoms with E-state index in [4.69, 9.17) is 5.73 Å². The third kappa shape index (κ3) is 1.68. The number of benzene rings is 2. The summed E-state index contributed by atoms with van der Waals surface area (Å²) in [5, 5.41) is 0. The van der Waals surface area contributed by atoms with Gasteiger partial charge in [-0.3, -0.25) is 9.97 Å². The van der Waals surface area contributed by atoms with Crippen molar-refractivity contribution in [3.8, 4) is 11.4 Å². The molecular formula is C15H11N5. The van der Waals surface area contributed by atoms with Crippen LogP contribution in [0.25, 0.3) is 33.5 Å². The van der Waals surface area contributed by atoms with E-state index < -0.39 is 0 Å². The van der Waals surface area contributed by atoms with E-state index in [1.165, 1.54) is 0 Å². The third-order valence-electron chi connectivity index (χ3n) is 3.25. The number of anilines is 1. The molecule has 0 aliphatic rings. The number of imidazole rings is 1. The molecule has 96 valence electrons. The van der Waals surface area contributed by atoms with Crippen LogP contribution in [0, 0.1) is 0 Å². The summed E-state index contributed by atoms with van der Waals surface area (Å²) in [5.41, 5.74) is 11.0. The molecule has 0 aliphatic carbocycles. The predicted octanol–water partition coefficient (Wildman–Crippen LogP) is 2.76. The Morgan fingerprint density at radius 3 is 2.55 bits per heavy atom. The Kier molecular flexibility index (Phi) is 2.20. The van der Waals surface area contributed by atoms with E-state index in [1.54, 1.807) is 12.4 Å². The fraction of sp³-hybridized carbons (Fsp3) is 0. The predicted molar refractivity (Wildman–Crippen MR) is 79.0 cm³/mol. The van der Waals surface area contributed by atoms with Crippen LogP contribution in [-0.4, -0.2) is 19.9 Å². The number of nitrogens with one attached hydrogen (secondary N) is 1. The zero-order valence-electron chi connectivity index (χ0n) is 10.5. The SMILES string of the molecule is Nc1ccc2nc(-c3ccc4nccnc4c3)[nH]c2c1. The standard InChI is InChI=1S/C15H11N5/c16-10-2-4-12-14(8-10)20-15(19-12)9-1-3-11-13(7-9)18-6-5-17-11/h1-8H,16H2,(H,19,20). The van der Waals surface area contributed by atoms with Crippen LogP contribution in [0.2, 0.25) is 0 Å². The van der Waals surface area contributed by atoms with Gasteiger partial charge in [-0.05, 0) is 36.4 Å². The van der Waals surface area contributed by atoms with Crippen LogP contribution < -0.4 is 5.73 Å². The monoisotopic (exact) mass is 261 g/mol. The number of H-pyrrole nitrogens is 1. The van der Waals surface area contributed by atoms with E-state index in [2.05, 4.69) is 19.9 Å². The van der Waals surface area contributed by atoms with Crippen LogP contribution >= 0.6 is 0 Å². The van der Waals surface area contributed by atoms with Gasteiger partial charge in [-0.1, -0.05) is 0 Å². The maximum atomic E-state index is 5.78. The Hall–Kier alpha value is -2.95. The first kappa shape index (κ1) is 10.9. The third-order valence-corrected chi connectivity index (χ3v) is 3.25. The molecule has 0 fully saturated rings. The number of nitrogens with zero attached hydrogens (tertiary/aromatic N) is 3. The van der Waals surface area contributed by atoms with Crippen molar-refractivity contribution in [2.75, 3.05) is 5.73 Å². The summed E-state index contributed by atoms with van der Waals surface area (Å²) in [5.74, 6) is 0.804. The Morgan fingerprint density at radius 2 is 1.65 bits per heavy atom. The zero-order chi connectivity index (χ0) is 13.5. The molecule has 2 aromatic heterocycles. The summed E-state index contributed by atoms with van der Waals surface area (Å²) < 4.78 is 0. The summed E-state index contributed by atoms with van der Waals surface area (Å²) >= 11 is 0. The second kappa shape index (κ2) is 4.03. The lowest BCUT2D eigenvalue weighted by atomic mass is 10.2. The van der Waals surface area contributed by atoms with Gasteiger partial charge in [0.25, 0.3) is 0 Å². The average Bonchev–Trinajstić information content (AvgIpc) is 2.89. The van der Waals surface area contributed by atoms with Crippen molar-refractivity contribution in [3.63, 3.8) is 0 Å². The molecule has 20 heavy (non-hydrogen) atoms. The maximum absolute atomic E-state index is 5.78. The summed E-state index contributed by atoms with van der Waals surface area (Å²) in [7, 11) is 0. The van der Waals surface area contributed by atoms with Crippen molar-refractivity contribution < 1.29 is 0 Å². The Labute approximate surface area is 114 Å². The number of nitrogens with two attached hydrogens (primary N) is 1. The molecule has 0 bridgehead atoms. The summed E-state index contributed by atoms with van der Waals surface area (Å²) in [6.45, 7) is 0. The molecule has 0 saturated heterocycles. The first-order valence-electron chi connectivity index (χ1n) is 6.26. The molecular weight excluding hydrogens is 250 g/mol. The van der Waals surface area contributed by atoms with E-state index in [0.29, 0.717) is 0 Å². The molecule has 0 unspecified atom stereocenters. The molecule has 4 rings (SSSR count). The van der Waals surface area contributed by atoms with Gasteiger partial charge in [-0.2, -0.15) is 0 Å². The zero-order valence-corrected chi connectivity index (χ0v) is 10.5. The molecule has 5 nitrogen and oxygen atoms in total. The summed E-state index contributed by atoms with van der Waals surface area (Å²) in [6, 6.07) is 11.5. The minimum atomic E-state index is 0.720. The van der Waals surface area contributed by atoms with Gasteiger partial charge in [0.1, 0.15) is 5.82 Å². The molecule has 0 spiro atoms. The van der Waals surface area contributed by atoms with Crippen LogP contribution in [0.15, 0.2) is 48.8 Å². The number of hydrogen-bond acceptors (Lipinski definition) is 4. The Bertz CT molecular complexity index is 926. The normalized spacial score (nSPS) is 11.2. The lowest BCUT2D eigenvalue weighted by molar-refractivity contribution is 1.28. The first-order valence-corrected chi connectivity index (χ1v) is 6.26. The van der Waals surface area contributed by atoms with Gasteiger partial charge in [0.15, 0.2) is 0 Å². The maximum Gasteiger partial charge on any atom is 0.138 e. The Balaban J connectivity index is 1.91. The number of hydrogen-bond donors (Lipinski definition) is 2. The molecule has 2 heterocycles. The van der Waals surface area contributed by atoms with Gasteiger partial charge in [-0.15, -0.1) is 0 Å². The smallest absolute Gasteiger partial charge is 0.138 e. The summed E-state index contributed by atoms with van der Waals surface area (Å²) in [6.07, 6.45) is 3.37. The molecule has 0 amide bonds. The highest BCUT2D eigenvalue weighted by molar-refractivity contribution is 5.85. The largest absolute Gasteiger partial charge is 0.399 e. The van der Waals surface area contributed by atoms with Gasteiger partial charge >= 0.3 is 0 Å². The minimum Gasteiger partial charge on any atom is -0.399 e. The highest BCUT2D eigenvalue weighted by Gasteiger charge is 2.07. The van der Waals surface area contributed by atoms with Crippen LogP contribution in [0.1, 0.15) is 0 Å². The Morgan fingerprint density at radius 1 is 0.850 bits per heavy atom. The highest BCUT2D eigenvalue weighted by Crippen LogP contribution is 2.23. The molecule has 0 aliphatic heterocycles. The van der Waals surface area contributed by atoms with E-state index in [-0.39, 0.29) is 0 Å². The first-order chi connectivity index (χ1) is 9.79. The van der Waals surface area contributed by atoms with Gasteiger partial charge in [0.2, 0.25) is 0 Å². The van der Waals surface area contributed by atoms with Crippen LogP contribution in [0.4, 0.5) is 5.69 Å². The highest BCUT2D eigenvalue weighted by atomic mass is 14.9. The lowest BCUT2D eigenvalue weighted by Crippen LogP contribution is -1.85. The van der Waals surface area contributed by atoms with Crippen molar-refractivity contribution in [2.24, 2.45) is 0 Å². The van der Waals surface area contributed by atoms with Crippen molar-refractivity contribution >= 4 is 27.8 Å². The van der Waals surface area contributed by atoms with E-state index in [9.17, 15) is 0 Å². The number of aromatic nitrogens is 4. The molecule has 4 aromatic rings. The van der Waals surface area contributed by atoms with Crippen molar-refractivity contribution in [1.82, 2.24) is 19.9 Å². The van der Waals surface area contributed by atoms with Gasteiger partial charge in [0, 0.05) is 23.6 Å². The second-order valence-corrected chi connectivity index (χ2v) is 4.62. The number of nitrogen functional groups attached to an aromatic ring is 1. The minimum absolute atomic E-state index is 0.720. The number of rotatable bonds is 1. The fourth-order valence-electron chi connectivity index (χ4n) is 2.27. The fourth-order valence-corrected chi connectivity index (χ4v) is 2.27. The number of aromatic amines is 1. The van der Waals surface area contributed by atoms with Gasteiger partial charge in [0.05, 0.1) is 22.1 Å². The van der Waals surface area contributed by atoms with Gasteiger partial charge < -0.3 is 10.7 Å².